The normalized spacial score (nSPS) is 23.9. The monoisotopic (exact) mass is 342 g/mol. The van der Waals surface area contributed by atoms with E-state index in [9.17, 15) is 4.39 Å². The highest BCUT2D eigenvalue weighted by Gasteiger charge is 2.27. The van der Waals surface area contributed by atoms with Gasteiger partial charge in [-0.25, -0.2) is 4.39 Å². The van der Waals surface area contributed by atoms with E-state index in [0.717, 1.165) is 39.1 Å². The molecule has 0 radical (unpaired) electrons. The molecular weight excluding hydrogens is 319 g/mol. The molecule has 2 unspecified atom stereocenters. The number of pyridine rings is 1. The molecule has 0 bridgehead atoms. The second kappa shape index (κ2) is 7.50. The van der Waals surface area contributed by atoms with Crippen LogP contribution in [0.25, 0.3) is 0 Å². The molecule has 2 heterocycles. The van der Waals surface area contributed by atoms with Gasteiger partial charge in [-0.05, 0) is 54.7 Å². The Labute approximate surface area is 147 Å². The number of aromatic nitrogens is 1. The van der Waals surface area contributed by atoms with E-state index in [-0.39, 0.29) is 11.9 Å². The molecule has 0 saturated carbocycles. The zero-order valence-corrected chi connectivity index (χ0v) is 14.2. The summed E-state index contributed by atoms with van der Waals surface area (Å²) < 4.78 is 24.7. The van der Waals surface area contributed by atoms with Crippen molar-refractivity contribution in [3.63, 3.8) is 0 Å². The van der Waals surface area contributed by atoms with Gasteiger partial charge in [-0.2, -0.15) is 0 Å². The van der Waals surface area contributed by atoms with Gasteiger partial charge >= 0.3 is 0 Å². The first-order chi connectivity index (χ1) is 12.3. The number of nitrogens with zero attached hydrogens (tertiary/aromatic N) is 2. The Morgan fingerprint density at radius 3 is 2.92 bits per heavy atom. The molecular formula is C20H23FN2O2. The molecule has 2 aromatic rings. The number of fused-ring (bicyclic) bond motifs is 1. The molecule has 0 amide bonds. The summed E-state index contributed by atoms with van der Waals surface area (Å²) in [7, 11) is 0. The van der Waals surface area contributed by atoms with Gasteiger partial charge in [0.05, 0.1) is 13.2 Å². The molecule has 25 heavy (non-hydrogen) atoms. The maximum Gasteiger partial charge on any atom is 0.135 e. The zero-order chi connectivity index (χ0) is 17.1. The van der Waals surface area contributed by atoms with Gasteiger partial charge in [0.1, 0.15) is 17.7 Å². The average molecular weight is 342 g/mol. The lowest BCUT2D eigenvalue weighted by atomic mass is 10.1. The van der Waals surface area contributed by atoms with Crippen LogP contribution < -0.4 is 4.74 Å². The van der Waals surface area contributed by atoms with Crippen LogP contribution in [0.1, 0.15) is 11.3 Å². The summed E-state index contributed by atoms with van der Waals surface area (Å²) in [4.78, 5) is 6.93. The SMILES string of the molecule is Fc1ccc(OC2COCCN(CC3Cc4cccnc4C3)C2)cc1. The Balaban J connectivity index is 1.35. The molecule has 1 saturated heterocycles. The number of hydrogen-bond donors (Lipinski definition) is 0. The minimum absolute atomic E-state index is 0.0325. The van der Waals surface area contributed by atoms with Crippen LogP contribution >= 0.6 is 0 Å². The van der Waals surface area contributed by atoms with Crippen molar-refractivity contribution in [1.82, 2.24) is 9.88 Å². The maximum atomic E-state index is 13.0. The Morgan fingerprint density at radius 2 is 2.08 bits per heavy atom. The molecule has 2 aliphatic rings. The third kappa shape index (κ3) is 4.17. The first kappa shape index (κ1) is 16.5. The van der Waals surface area contributed by atoms with E-state index in [4.69, 9.17) is 9.47 Å². The summed E-state index contributed by atoms with van der Waals surface area (Å²) in [6, 6.07) is 10.4. The standard InChI is InChI=1S/C20H23FN2O2/c21-17-3-5-18(6-4-17)25-19-13-23(8-9-24-14-19)12-15-10-16-2-1-7-22-20(16)11-15/h1-7,15,19H,8-14H2. The van der Waals surface area contributed by atoms with E-state index in [0.29, 0.717) is 18.3 Å². The molecule has 0 spiro atoms. The van der Waals surface area contributed by atoms with Crippen molar-refractivity contribution in [3.05, 3.63) is 59.7 Å². The van der Waals surface area contributed by atoms with Gasteiger partial charge < -0.3 is 9.47 Å². The molecule has 1 aromatic heterocycles. The molecule has 1 aliphatic carbocycles. The van der Waals surface area contributed by atoms with Crippen molar-refractivity contribution in [2.75, 3.05) is 32.8 Å². The van der Waals surface area contributed by atoms with Crippen LogP contribution in [0.2, 0.25) is 0 Å². The fourth-order valence-electron chi connectivity index (χ4n) is 3.77. The summed E-state index contributed by atoms with van der Waals surface area (Å²) in [5.41, 5.74) is 2.63. The third-order valence-electron chi connectivity index (χ3n) is 4.93. The molecule has 2 atom stereocenters. The predicted molar refractivity (Wildman–Crippen MR) is 93.2 cm³/mol. The lowest BCUT2D eigenvalue weighted by Crippen LogP contribution is -2.39. The molecule has 0 N–H and O–H groups in total. The molecule has 4 rings (SSSR count). The van der Waals surface area contributed by atoms with Gasteiger partial charge in [-0.15, -0.1) is 0 Å². The number of hydrogen-bond acceptors (Lipinski definition) is 4. The lowest BCUT2D eigenvalue weighted by Gasteiger charge is -2.26. The van der Waals surface area contributed by atoms with E-state index < -0.39 is 0 Å². The van der Waals surface area contributed by atoms with E-state index >= 15 is 0 Å². The Hall–Kier alpha value is -1.98. The Bertz CT molecular complexity index is 682. The van der Waals surface area contributed by atoms with E-state index in [1.54, 1.807) is 12.1 Å². The second-order valence-electron chi connectivity index (χ2n) is 6.91. The summed E-state index contributed by atoms with van der Waals surface area (Å²) in [5, 5.41) is 0. The second-order valence-corrected chi connectivity index (χ2v) is 6.91. The molecule has 5 heteroatoms. The van der Waals surface area contributed by atoms with Gasteiger partial charge in [-0.1, -0.05) is 6.07 Å². The topological polar surface area (TPSA) is 34.6 Å². The van der Waals surface area contributed by atoms with Gasteiger partial charge in [0.2, 0.25) is 0 Å². The summed E-state index contributed by atoms with van der Waals surface area (Å²) in [6.45, 7) is 4.08. The highest BCUT2D eigenvalue weighted by atomic mass is 19.1. The third-order valence-corrected chi connectivity index (χ3v) is 4.93. The summed E-state index contributed by atoms with van der Waals surface area (Å²) in [5.74, 6) is 1.05. The minimum Gasteiger partial charge on any atom is -0.487 e. The van der Waals surface area contributed by atoms with Crippen LogP contribution in [0, 0.1) is 11.7 Å². The zero-order valence-electron chi connectivity index (χ0n) is 14.2. The molecule has 1 fully saturated rings. The Kier molecular flexibility index (Phi) is 4.95. The molecule has 1 aliphatic heterocycles. The lowest BCUT2D eigenvalue weighted by molar-refractivity contribution is 0.0708. The first-order valence-corrected chi connectivity index (χ1v) is 8.91. The number of ether oxygens (including phenoxy) is 2. The van der Waals surface area contributed by atoms with Crippen LogP contribution in [-0.2, 0) is 17.6 Å². The van der Waals surface area contributed by atoms with Gasteiger partial charge in [-0.3, -0.25) is 9.88 Å². The van der Waals surface area contributed by atoms with E-state index in [1.807, 2.05) is 12.3 Å². The highest BCUT2D eigenvalue weighted by Crippen LogP contribution is 2.26. The number of rotatable bonds is 4. The van der Waals surface area contributed by atoms with Gasteiger partial charge in [0, 0.05) is 31.5 Å². The molecule has 1 aromatic carbocycles. The van der Waals surface area contributed by atoms with E-state index in [2.05, 4.69) is 16.0 Å². The first-order valence-electron chi connectivity index (χ1n) is 8.91. The fraction of sp³-hybridized carbons (Fsp3) is 0.450. The maximum absolute atomic E-state index is 13.0. The van der Waals surface area contributed by atoms with Crippen molar-refractivity contribution in [1.29, 1.82) is 0 Å². The predicted octanol–water partition coefficient (Wildman–Crippen LogP) is 2.72. The summed E-state index contributed by atoms with van der Waals surface area (Å²) >= 11 is 0. The molecule has 4 nitrogen and oxygen atoms in total. The van der Waals surface area contributed by atoms with E-state index in [1.165, 1.54) is 23.4 Å². The van der Waals surface area contributed by atoms with Gasteiger partial charge in [0.25, 0.3) is 0 Å². The minimum atomic E-state index is -0.250. The fourth-order valence-corrected chi connectivity index (χ4v) is 3.77. The van der Waals surface area contributed by atoms with Crippen molar-refractivity contribution < 1.29 is 13.9 Å². The van der Waals surface area contributed by atoms with Gasteiger partial charge in [0.15, 0.2) is 0 Å². The smallest absolute Gasteiger partial charge is 0.135 e. The van der Waals surface area contributed by atoms with Crippen molar-refractivity contribution in [2.24, 2.45) is 5.92 Å². The van der Waals surface area contributed by atoms with Crippen molar-refractivity contribution in [2.45, 2.75) is 18.9 Å². The van der Waals surface area contributed by atoms with Crippen LogP contribution in [-0.4, -0.2) is 48.8 Å². The van der Waals surface area contributed by atoms with Crippen LogP contribution in [0.3, 0.4) is 0 Å². The van der Waals surface area contributed by atoms with Crippen molar-refractivity contribution in [3.8, 4) is 5.75 Å². The quantitative estimate of drug-likeness (QED) is 0.856. The highest BCUT2D eigenvalue weighted by molar-refractivity contribution is 5.26. The number of halogens is 1. The van der Waals surface area contributed by atoms with Crippen molar-refractivity contribution >= 4 is 0 Å². The van der Waals surface area contributed by atoms with Crippen LogP contribution in [0.4, 0.5) is 4.39 Å². The van der Waals surface area contributed by atoms with Crippen LogP contribution in [0.15, 0.2) is 42.6 Å². The largest absolute Gasteiger partial charge is 0.487 e. The molecule has 132 valence electrons. The Morgan fingerprint density at radius 1 is 1.20 bits per heavy atom. The number of benzene rings is 1. The van der Waals surface area contributed by atoms with Crippen LogP contribution in [0.5, 0.6) is 5.75 Å². The average Bonchev–Trinajstić information content (AvgIpc) is 2.89. The summed E-state index contributed by atoms with van der Waals surface area (Å²) in [6.07, 6.45) is 4.00.